The summed E-state index contributed by atoms with van der Waals surface area (Å²) in [6.07, 6.45) is 3.00. The molecule has 0 saturated carbocycles. The maximum atomic E-state index is 11.9. The molecule has 2 aromatic rings. The van der Waals surface area contributed by atoms with Gasteiger partial charge in [0, 0.05) is 5.56 Å². The number of phenolic OH excluding ortho intramolecular Hbond substituents is 1. The van der Waals surface area contributed by atoms with E-state index in [2.05, 4.69) is 4.74 Å². The van der Waals surface area contributed by atoms with Crippen LogP contribution < -0.4 is 0 Å². The van der Waals surface area contributed by atoms with Gasteiger partial charge in [-0.3, -0.25) is 4.79 Å². The van der Waals surface area contributed by atoms with Crippen molar-refractivity contribution in [1.82, 2.24) is 0 Å². The van der Waals surface area contributed by atoms with Crippen LogP contribution in [0.3, 0.4) is 0 Å². The van der Waals surface area contributed by atoms with Crippen molar-refractivity contribution in [3.63, 3.8) is 0 Å². The fourth-order valence-electron chi connectivity index (χ4n) is 1.80. The van der Waals surface area contributed by atoms with Crippen LogP contribution in [0.15, 0.2) is 54.6 Å². The number of ether oxygens (including phenoxy) is 1. The Morgan fingerprint density at radius 3 is 2.48 bits per heavy atom. The standard InChI is InChI=1S/C17H14O4/c1-21-17(20)14-11-12(8-10-16(14)19)7-9-15(18)13-5-3-2-4-6-13/h2-11,19H,1H3/b9-7-. The van der Waals surface area contributed by atoms with Crippen molar-refractivity contribution in [3.05, 3.63) is 71.3 Å². The van der Waals surface area contributed by atoms with E-state index in [1.807, 2.05) is 6.07 Å². The first-order valence-corrected chi connectivity index (χ1v) is 6.30. The third-order valence-corrected chi connectivity index (χ3v) is 2.91. The van der Waals surface area contributed by atoms with E-state index in [9.17, 15) is 14.7 Å². The first-order valence-electron chi connectivity index (χ1n) is 6.30. The smallest absolute Gasteiger partial charge is 0.341 e. The van der Waals surface area contributed by atoms with Crippen LogP contribution in [0, 0.1) is 0 Å². The highest BCUT2D eigenvalue weighted by Gasteiger charge is 2.11. The average molecular weight is 282 g/mol. The lowest BCUT2D eigenvalue weighted by atomic mass is 10.1. The van der Waals surface area contributed by atoms with E-state index in [0.29, 0.717) is 11.1 Å². The molecule has 2 rings (SSSR count). The maximum Gasteiger partial charge on any atom is 0.341 e. The monoisotopic (exact) mass is 282 g/mol. The molecule has 0 saturated heterocycles. The minimum atomic E-state index is -0.628. The van der Waals surface area contributed by atoms with Crippen molar-refractivity contribution >= 4 is 17.8 Å². The molecule has 4 nitrogen and oxygen atoms in total. The van der Waals surface area contributed by atoms with Crippen molar-refractivity contribution in [2.75, 3.05) is 7.11 Å². The SMILES string of the molecule is COC(=O)c1cc(/C=C\C(=O)c2ccccc2)ccc1O. The quantitative estimate of drug-likeness (QED) is 0.532. The Labute approximate surface area is 122 Å². The number of hydrogen-bond donors (Lipinski definition) is 1. The molecule has 1 N–H and O–H groups in total. The molecule has 0 aromatic heterocycles. The Morgan fingerprint density at radius 2 is 1.81 bits per heavy atom. The molecule has 106 valence electrons. The van der Waals surface area contributed by atoms with Crippen LogP contribution in [-0.2, 0) is 4.74 Å². The highest BCUT2D eigenvalue weighted by Crippen LogP contribution is 2.20. The Morgan fingerprint density at radius 1 is 1.10 bits per heavy atom. The van der Waals surface area contributed by atoms with Crippen LogP contribution in [0.5, 0.6) is 5.75 Å². The van der Waals surface area contributed by atoms with Crippen molar-refractivity contribution in [1.29, 1.82) is 0 Å². The third kappa shape index (κ3) is 3.57. The van der Waals surface area contributed by atoms with E-state index in [1.54, 1.807) is 36.4 Å². The van der Waals surface area contributed by atoms with Gasteiger partial charge in [-0.1, -0.05) is 42.5 Å². The highest BCUT2D eigenvalue weighted by atomic mass is 16.5. The van der Waals surface area contributed by atoms with Gasteiger partial charge in [0.25, 0.3) is 0 Å². The van der Waals surface area contributed by atoms with Crippen LogP contribution in [-0.4, -0.2) is 24.0 Å². The fourth-order valence-corrected chi connectivity index (χ4v) is 1.80. The Bertz CT molecular complexity index is 687. The molecule has 0 unspecified atom stereocenters. The molecule has 0 aliphatic rings. The van der Waals surface area contributed by atoms with E-state index in [4.69, 9.17) is 0 Å². The third-order valence-electron chi connectivity index (χ3n) is 2.91. The zero-order valence-electron chi connectivity index (χ0n) is 11.4. The van der Waals surface area contributed by atoms with E-state index in [-0.39, 0.29) is 17.1 Å². The first kappa shape index (κ1) is 14.5. The van der Waals surface area contributed by atoms with Crippen LogP contribution in [0.4, 0.5) is 0 Å². The minimum absolute atomic E-state index is 0.0619. The van der Waals surface area contributed by atoms with E-state index in [0.717, 1.165) is 0 Å². The van der Waals surface area contributed by atoms with Crippen LogP contribution in [0.2, 0.25) is 0 Å². The number of methoxy groups -OCH3 is 1. The second kappa shape index (κ2) is 6.52. The molecule has 0 radical (unpaired) electrons. The summed E-state index contributed by atoms with van der Waals surface area (Å²) in [5.74, 6) is -0.922. The summed E-state index contributed by atoms with van der Waals surface area (Å²) in [7, 11) is 1.24. The molecule has 0 amide bonds. The Hall–Kier alpha value is -2.88. The minimum Gasteiger partial charge on any atom is -0.507 e. The molecule has 4 heteroatoms. The lowest BCUT2D eigenvalue weighted by Crippen LogP contribution is -2.01. The number of hydrogen-bond acceptors (Lipinski definition) is 4. The summed E-state index contributed by atoms with van der Waals surface area (Å²) < 4.78 is 4.58. The maximum absolute atomic E-state index is 11.9. The zero-order valence-corrected chi connectivity index (χ0v) is 11.4. The van der Waals surface area contributed by atoms with E-state index >= 15 is 0 Å². The van der Waals surface area contributed by atoms with Crippen molar-refractivity contribution < 1.29 is 19.4 Å². The summed E-state index contributed by atoms with van der Waals surface area (Å²) in [5, 5.41) is 9.60. The normalized spacial score (nSPS) is 10.5. The number of esters is 1. The second-order valence-electron chi connectivity index (χ2n) is 4.33. The summed E-state index contributed by atoms with van der Waals surface area (Å²) in [5.41, 5.74) is 1.27. The van der Waals surface area contributed by atoms with Gasteiger partial charge >= 0.3 is 5.97 Å². The number of aromatic hydroxyl groups is 1. The van der Waals surface area contributed by atoms with Gasteiger partial charge in [-0.15, -0.1) is 0 Å². The first-order chi connectivity index (χ1) is 10.1. The average Bonchev–Trinajstić information content (AvgIpc) is 2.53. The molecule has 0 fully saturated rings. The largest absolute Gasteiger partial charge is 0.507 e. The number of carbonyl (C=O) groups excluding carboxylic acids is 2. The second-order valence-corrected chi connectivity index (χ2v) is 4.33. The molecular weight excluding hydrogens is 268 g/mol. The van der Waals surface area contributed by atoms with Crippen molar-refractivity contribution in [2.45, 2.75) is 0 Å². The highest BCUT2D eigenvalue weighted by molar-refractivity contribution is 6.06. The van der Waals surface area contributed by atoms with Gasteiger partial charge in [0.2, 0.25) is 0 Å². The van der Waals surface area contributed by atoms with Gasteiger partial charge in [-0.05, 0) is 23.8 Å². The van der Waals surface area contributed by atoms with Gasteiger partial charge in [-0.25, -0.2) is 4.79 Å². The molecule has 0 heterocycles. The topological polar surface area (TPSA) is 63.6 Å². The van der Waals surface area contributed by atoms with Gasteiger partial charge in [0.1, 0.15) is 11.3 Å². The molecule has 0 spiro atoms. The number of rotatable bonds is 4. The van der Waals surface area contributed by atoms with E-state index < -0.39 is 5.97 Å². The van der Waals surface area contributed by atoms with Gasteiger partial charge < -0.3 is 9.84 Å². The molecule has 0 aliphatic heterocycles. The Kier molecular flexibility index (Phi) is 4.51. The Balaban J connectivity index is 2.22. The summed E-state index contributed by atoms with van der Waals surface area (Å²) in [6, 6.07) is 13.3. The van der Waals surface area contributed by atoms with Crippen LogP contribution in [0.25, 0.3) is 6.08 Å². The lowest BCUT2D eigenvalue weighted by molar-refractivity contribution is 0.0597. The summed E-state index contributed by atoms with van der Waals surface area (Å²) in [6.45, 7) is 0. The molecule has 21 heavy (non-hydrogen) atoms. The number of benzene rings is 2. The van der Waals surface area contributed by atoms with Gasteiger partial charge in [0.05, 0.1) is 7.11 Å². The van der Waals surface area contributed by atoms with Gasteiger partial charge in [0.15, 0.2) is 5.78 Å². The zero-order chi connectivity index (χ0) is 15.2. The number of allylic oxidation sites excluding steroid dienone is 1. The molecule has 0 atom stereocenters. The predicted octanol–water partition coefficient (Wildman–Crippen LogP) is 3.07. The molecule has 2 aromatic carbocycles. The molecule has 0 bridgehead atoms. The van der Waals surface area contributed by atoms with E-state index in [1.165, 1.54) is 25.3 Å². The number of carbonyl (C=O) groups is 2. The van der Waals surface area contributed by atoms with Gasteiger partial charge in [-0.2, -0.15) is 0 Å². The number of phenols is 1. The van der Waals surface area contributed by atoms with Crippen LogP contribution in [0.1, 0.15) is 26.3 Å². The number of ketones is 1. The molecule has 0 aliphatic carbocycles. The van der Waals surface area contributed by atoms with Crippen molar-refractivity contribution in [2.24, 2.45) is 0 Å². The van der Waals surface area contributed by atoms with Crippen molar-refractivity contribution in [3.8, 4) is 5.75 Å². The fraction of sp³-hybridized carbons (Fsp3) is 0.0588. The summed E-state index contributed by atoms with van der Waals surface area (Å²) in [4.78, 5) is 23.4. The van der Waals surface area contributed by atoms with Crippen LogP contribution >= 0.6 is 0 Å². The summed E-state index contributed by atoms with van der Waals surface area (Å²) >= 11 is 0. The molecular formula is C17H14O4. The lowest BCUT2D eigenvalue weighted by Gasteiger charge is -2.03. The predicted molar refractivity (Wildman–Crippen MR) is 79.3 cm³/mol.